The number of carbonyl (C=O) groups is 2. The quantitative estimate of drug-likeness (QED) is 0.571. The van der Waals surface area contributed by atoms with Crippen LogP contribution in [0.25, 0.3) is 6.08 Å². The van der Waals surface area contributed by atoms with Crippen molar-refractivity contribution in [3.05, 3.63) is 35.9 Å². The van der Waals surface area contributed by atoms with Gasteiger partial charge in [-0.25, -0.2) is 4.79 Å². The highest BCUT2D eigenvalue weighted by molar-refractivity contribution is 5.92. The van der Waals surface area contributed by atoms with E-state index in [4.69, 9.17) is 9.47 Å². The number of methoxy groups -OCH3 is 1. The lowest BCUT2D eigenvalue weighted by Crippen LogP contribution is -2.51. The lowest BCUT2D eigenvalue weighted by molar-refractivity contribution is -0.155. The SMILES string of the molecule is COc1ccccc1/C=C/C(=O)OCC(=O)C12CC3CC(CC(C3)C1)C2. The second-order valence-electron chi connectivity index (χ2n) is 8.30. The number of hydrogen-bond donors (Lipinski definition) is 0. The predicted molar refractivity (Wildman–Crippen MR) is 98.6 cm³/mol. The largest absolute Gasteiger partial charge is 0.496 e. The standard InChI is InChI=1S/C22H26O4/c1-25-19-5-3-2-4-18(19)6-7-21(24)26-14-20(23)22-11-15-8-16(12-22)10-17(9-15)13-22/h2-7,15-17H,8-14H2,1H3/b7-6+. The molecule has 0 N–H and O–H groups in total. The number of hydrogen-bond acceptors (Lipinski definition) is 4. The van der Waals surface area contributed by atoms with Gasteiger partial charge in [-0.2, -0.15) is 0 Å². The molecule has 1 aromatic carbocycles. The Morgan fingerprint density at radius 2 is 1.69 bits per heavy atom. The summed E-state index contributed by atoms with van der Waals surface area (Å²) in [5.41, 5.74) is 0.598. The monoisotopic (exact) mass is 354 g/mol. The van der Waals surface area contributed by atoms with Gasteiger partial charge in [-0.15, -0.1) is 0 Å². The Bertz CT molecular complexity index is 698. The Balaban J connectivity index is 1.34. The van der Waals surface area contributed by atoms with Gasteiger partial charge >= 0.3 is 5.97 Å². The molecule has 5 rings (SSSR count). The maximum absolute atomic E-state index is 12.9. The highest BCUT2D eigenvalue weighted by Gasteiger charge is 2.54. The van der Waals surface area contributed by atoms with Crippen LogP contribution < -0.4 is 4.74 Å². The number of esters is 1. The predicted octanol–water partition coefficient (Wildman–Crippen LogP) is 4.04. The number of benzene rings is 1. The summed E-state index contributed by atoms with van der Waals surface area (Å²) in [6.07, 6.45) is 9.95. The number of Topliss-reactive ketones (excluding diaryl/α,β-unsaturated/α-hetero) is 1. The molecule has 4 saturated carbocycles. The van der Waals surface area contributed by atoms with E-state index in [2.05, 4.69) is 0 Å². The van der Waals surface area contributed by atoms with Gasteiger partial charge < -0.3 is 9.47 Å². The van der Waals surface area contributed by atoms with Crippen LogP contribution in [0.1, 0.15) is 44.1 Å². The molecule has 0 atom stereocenters. The topological polar surface area (TPSA) is 52.6 Å². The molecule has 0 heterocycles. The van der Waals surface area contributed by atoms with E-state index in [9.17, 15) is 9.59 Å². The molecule has 4 heteroatoms. The normalized spacial score (nSPS) is 32.0. The van der Waals surface area contributed by atoms with Crippen LogP contribution in [0, 0.1) is 23.2 Å². The summed E-state index contributed by atoms with van der Waals surface area (Å²) in [5, 5.41) is 0. The first-order chi connectivity index (χ1) is 12.6. The summed E-state index contributed by atoms with van der Waals surface area (Å²) in [4.78, 5) is 24.9. The van der Waals surface area contributed by atoms with Crippen molar-refractivity contribution in [3.8, 4) is 5.75 Å². The highest BCUT2D eigenvalue weighted by Crippen LogP contribution is 2.60. The first-order valence-corrected chi connectivity index (χ1v) is 9.59. The number of carbonyl (C=O) groups excluding carboxylic acids is 2. The van der Waals surface area contributed by atoms with Crippen molar-refractivity contribution in [1.29, 1.82) is 0 Å². The zero-order valence-electron chi connectivity index (χ0n) is 15.3. The van der Waals surface area contributed by atoms with Gasteiger partial charge in [0.1, 0.15) is 5.75 Å². The van der Waals surface area contributed by atoms with E-state index in [1.807, 2.05) is 24.3 Å². The lowest BCUT2D eigenvalue weighted by Gasteiger charge is -2.55. The minimum absolute atomic E-state index is 0.0960. The van der Waals surface area contributed by atoms with E-state index in [0.717, 1.165) is 24.8 Å². The number of para-hydroxylation sites is 1. The van der Waals surface area contributed by atoms with Crippen LogP contribution in [0.5, 0.6) is 5.75 Å². The molecule has 0 aromatic heterocycles. The van der Waals surface area contributed by atoms with Crippen molar-refractivity contribution in [2.24, 2.45) is 23.2 Å². The molecule has 138 valence electrons. The Labute approximate surface area is 154 Å². The number of rotatable bonds is 6. The summed E-state index contributed by atoms with van der Waals surface area (Å²) < 4.78 is 10.5. The van der Waals surface area contributed by atoms with Crippen LogP contribution in [-0.2, 0) is 14.3 Å². The summed E-state index contributed by atoms with van der Waals surface area (Å²) in [7, 11) is 1.59. The highest BCUT2D eigenvalue weighted by atomic mass is 16.5. The molecule has 0 spiro atoms. The Kier molecular flexibility index (Phi) is 4.60. The van der Waals surface area contributed by atoms with Crippen molar-refractivity contribution < 1.29 is 19.1 Å². The van der Waals surface area contributed by atoms with Gasteiger partial charge in [0.05, 0.1) is 7.11 Å². The number of ether oxygens (including phenoxy) is 2. The van der Waals surface area contributed by atoms with Crippen LogP contribution in [0.15, 0.2) is 30.3 Å². The van der Waals surface area contributed by atoms with Gasteiger partial charge in [-0.05, 0) is 68.4 Å². The van der Waals surface area contributed by atoms with E-state index in [-0.39, 0.29) is 17.8 Å². The molecule has 4 aliphatic rings. The van der Waals surface area contributed by atoms with E-state index in [0.29, 0.717) is 23.5 Å². The third-order valence-corrected chi connectivity index (χ3v) is 6.51. The number of ketones is 1. The maximum Gasteiger partial charge on any atom is 0.331 e. The van der Waals surface area contributed by atoms with Crippen molar-refractivity contribution in [3.63, 3.8) is 0 Å². The van der Waals surface area contributed by atoms with E-state index >= 15 is 0 Å². The van der Waals surface area contributed by atoms with Gasteiger partial charge in [-0.1, -0.05) is 18.2 Å². The minimum Gasteiger partial charge on any atom is -0.496 e. The maximum atomic E-state index is 12.9. The minimum atomic E-state index is -0.478. The second-order valence-corrected chi connectivity index (χ2v) is 8.30. The molecule has 0 unspecified atom stereocenters. The van der Waals surface area contributed by atoms with Crippen LogP contribution in [0.4, 0.5) is 0 Å². The van der Waals surface area contributed by atoms with E-state index in [1.165, 1.54) is 25.3 Å². The van der Waals surface area contributed by atoms with Gasteiger partial charge in [0, 0.05) is 17.1 Å². The van der Waals surface area contributed by atoms with Gasteiger partial charge in [0.15, 0.2) is 12.4 Å². The smallest absolute Gasteiger partial charge is 0.331 e. The third-order valence-electron chi connectivity index (χ3n) is 6.51. The van der Waals surface area contributed by atoms with E-state index in [1.54, 1.807) is 13.2 Å². The van der Waals surface area contributed by atoms with Crippen LogP contribution in [0.2, 0.25) is 0 Å². The molecule has 0 saturated heterocycles. The molecule has 0 amide bonds. The fourth-order valence-corrected chi connectivity index (χ4v) is 5.75. The molecule has 4 bridgehead atoms. The summed E-state index contributed by atoms with van der Waals surface area (Å²) >= 11 is 0. The van der Waals surface area contributed by atoms with Crippen molar-refractivity contribution >= 4 is 17.8 Å². The Morgan fingerprint density at radius 3 is 2.31 bits per heavy atom. The zero-order valence-corrected chi connectivity index (χ0v) is 15.3. The van der Waals surface area contributed by atoms with E-state index < -0.39 is 5.97 Å². The van der Waals surface area contributed by atoms with Gasteiger partial charge in [0.2, 0.25) is 0 Å². The van der Waals surface area contributed by atoms with Crippen molar-refractivity contribution in [2.45, 2.75) is 38.5 Å². The Hall–Kier alpha value is -2.10. The lowest BCUT2D eigenvalue weighted by atomic mass is 9.48. The fourth-order valence-electron chi connectivity index (χ4n) is 5.75. The first-order valence-electron chi connectivity index (χ1n) is 9.59. The average Bonchev–Trinajstić information content (AvgIpc) is 2.63. The van der Waals surface area contributed by atoms with Crippen LogP contribution >= 0.6 is 0 Å². The molecule has 4 nitrogen and oxygen atoms in total. The fraction of sp³-hybridized carbons (Fsp3) is 0.545. The van der Waals surface area contributed by atoms with Crippen molar-refractivity contribution in [1.82, 2.24) is 0 Å². The van der Waals surface area contributed by atoms with Crippen LogP contribution in [0.3, 0.4) is 0 Å². The summed E-state index contributed by atoms with van der Waals surface area (Å²) in [6.45, 7) is -0.0960. The first kappa shape index (κ1) is 17.3. The molecular weight excluding hydrogens is 328 g/mol. The van der Waals surface area contributed by atoms with Gasteiger partial charge in [-0.3, -0.25) is 4.79 Å². The molecule has 0 aliphatic heterocycles. The third kappa shape index (κ3) is 3.29. The Morgan fingerprint density at radius 1 is 1.08 bits per heavy atom. The summed E-state index contributed by atoms with van der Waals surface area (Å²) in [5.74, 6) is 2.50. The molecule has 1 aromatic rings. The second kappa shape index (κ2) is 6.90. The molecule has 26 heavy (non-hydrogen) atoms. The molecule has 0 radical (unpaired) electrons. The summed E-state index contributed by atoms with van der Waals surface area (Å²) in [6, 6.07) is 7.45. The average molecular weight is 354 g/mol. The molecule has 4 aliphatic carbocycles. The zero-order chi connectivity index (χ0) is 18.1. The molecular formula is C22H26O4. The van der Waals surface area contributed by atoms with Crippen molar-refractivity contribution in [2.75, 3.05) is 13.7 Å². The molecule has 4 fully saturated rings. The van der Waals surface area contributed by atoms with Gasteiger partial charge in [0.25, 0.3) is 0 Å². The van der Waals surface area contributed by atoms with Crippen LogP contribution in [-0.4, -0.2) is 25.5 Å².